The summed E-state index contributed by atoms with van der Waals surface area (Å²) in [7, 11) is 0. The van der Waals surface area contributed by atoms with Gasteiger partial charge in [0.2, 0.25) is 5.91 Å². The van der Waals surface area contributed by atoms with E-state index in [1.54, 1.807) is 24.3 Å². The van der Waals surface area contributed by atoms with E-state index in [1.807, 2.05) is 4.90 Å². The van der Waals surface area contributed by atoms with Gasteiger partial charge < -0.3 is 15.7 Å². The molecular formula is C16H18N2O3. The molecule has 0 aromatic heterocycles. The van der Waals surface area contributed by atoms with Gasteiger partial charge in [-0.05, 0) is 54.9 Å². The van der Waals surface area contributed by atoms with Crippen molar-refractivity contribution in [2.45, 2.75) is 25.0 Å². The number of carbonyl (C=O) groups is 2. The summed E-state index contributed by atoms with van der Waals surface area (Å²) in [5.41, 5.74) is 6.16. The van der Waals surface area contributed by atoms with Crippen LogP contribution in [0.4, 0.5) is 0 Å². The van der Waals surface area contributed by atoms with Crippen molar-refractivity contribution >= 4 is 11.8 Å². The molecule has 2 amide bonds. The average molecular weight is 286 g/mol. The maximum atomic E-state index is 12.7. The molecule has 5 nitrogen and oxygen atoms in total. The number of hydrogen-bond acceptors (Lipinski definition) is 3. The standard InChI is InChI=1S/C16H18N2O3/c17-15(20)8-1-3-9(4-2-8)16(21)18-7-11-5-10-6-12(11)13(18)14(10)19/h1-4,10-14,19H,5-7H2,(H2,17,20)/t10-,11-,12+,13-,14-/m0/s1. The topological polar surface area (TPSA) is 83.6 Å². The molecule has 4 rings (SSSR count). The smallest absolute Gasteiger partial charge is 0.254 e. The highest BCUT2D eigenvalue weighted by atomic mass is 16.3. The fourth-order valence-corrected chi connectivity index (χ4v) is 4.59. The number of hydrogen-bond donors (Lipinski definition) is 2. The molecule has 1 aromatic carbocycles. The second-order valence-corrected chi connectivity index (χ2v) is 6.54. The second kappa shape index (κ2) is 4.31. The van der Waals surface area contributed by atoms with Crippen LogP contribution in [-0.2, 0) is 0 Å². The number of amides is 2. The molecule has 3 fully saturated rings. The predicted molar refractivity (Wildman–Crippen MR) is 75.5 cm³/mol. The summed E-state index contributed by atoms with van der Waals surface area (Å²) in [5.74, 6) is 0.850. The zero-order chi connectivity index (χ0) is 14.7. The molecular weight excluding hydrogens is 268 g/mol. The van der Waals surface area contributed by atoms with Crippen molar-refractivity contribution in [2.75, 3.05) is 6.54 Å². The Morgan fingerprint density at radius 1 is 1.10 bits per heavy atom. The Labute approximate surface area is 122 Å². The summed E-state index contributed by atoms with van der Waals surface area (Å²) < 4.78 is 0. The summed E-state index contributed by atoms with van der Waals surface area (Å²) in [6, 6.07) is 6.42. The van der Waals surface area contributed by atoms with E-state index >= 15 is 0 Å². The molecule has 0 radical (unpaired) electrons. The van der Waals surface area contributed by atoms with Crippen molar-refractivity contribution in [3.8, 4) is 0 Å². The molecule has 2 aliphatic carbocycles. The first-order chi connectivity index (χ1) is 10.1. The third-order valence-electron chi connectivity index (χ3n) is 5.53. The lowest BCUT2D eigenvalue weighted by atomic mass is 9.88. The highest BCUT2D eigenvalue weighted by Gasteiger charge is 2.59. The highest BCUT2D eigenvalue weighted by Crippen LogP contribution is 2.55. The fraction of sp³-hybridized carbons (Fsp3) is 0.500. The van der Waals surface area contributed by atoms with E-state index in [2.05, 4.69) is 0 Å². The van der Waals surface area contributed by atoms with Crippen LogP contribution in [0.3, 0.4) is 0 Å². The van der Waals surface area contributed by atoms with Gasteiger partial charge in [-0.3, -0.25) is 9.59 Å². The van der Waals surface area contributed by atoms with Crippen molar-refractivity contribution in [1.82, 2.24) is 4.90 Å². The molecule has 21 heavy (non-hydrogen) atoms. The zero-order valence-corrected chi connectivity index (χ0v) is 11.6. The summed E-state index contributed by atoms with van der Waals surface area (Å²) in [6.45, 7) is 0.749. The van der Waals surface area contributed by atoms with Crippen molar-refractivity contribution in [3.63, 3.8) is 0 Å². The number of likely N-dealkylation sites (tertiary alicyclic amines) is 1. The number of nitrogens with zero attached hydrogens (tertiary/aromatic N) is 1. The predicted octanol–water partition coefficient (Wildman–Crippen LogP) is 0.627. The largest absolute Gasteiger partial charge is 0.391 e. The quantitative estimate of drug-likeness (QED) is 0.836. The van der Waals surface area contributed by atoms with Gasteiger partial charge in [0.05, 0.1) is 12.1 Å². The SMILES string of the molecule is NC(=O)c1ccc(C(=O)N2C[C@@H]3C[C@H]4C[C@H]3[C@H]2[C@H]4O)cc1. The molecule has 1 heterocycles. The lowest BCUT2D eigenvalue weighted by Gasteiger charge is -2.29. The summed E-state index contributed by atoms with van der Waals surface area (Å²) in [5, 5.41) is 10.3. The molecule has 0 unspecified atom stereocenters. The molecule has 1 saturated heterocycles. The van der Waals surface area contributed by atoms with Crippen LogP contribution in [0.1, 0.15) is 33.6 Å². The van der Waals surface area contributed by atoms with E-state index < -0.39 is 5.91 Å². The number of aliphatic hydroxyl groups is 1. The number of nitrogens with two attached hydrogens (primary N) is 1. The number of fused-ring (bicyclic) bond motifs is 1. The molecule has 2 saturated carbocycles. The first-order valence-electron chi connectivity index (χ1n) is 7.45. The van der Waals surface area contributed by atoms with Crippen LogP contribution in [0.2, 0.25) is 0 Å². The Morgan fingerprint density at radius 2 is 1.76 bits per heavy atom. The van der Waals surface area contributed by atoms with E-state index in [1.165, 1.54) is 0 Å². The van der Waals surface area contributed by atoms with Gasteiger partial charge >= 0.3 is 0 Å². The van der Waals surface area contributed by atoms with Crippen LogP contribution < -0.4 is 5.73 Å². The first kappa shape index (κ1) is 12.8. The molecule has 3 N–H and O–H groups in total. The molecule has 0 spiro atoms. The van der Waals surface area contributed by atoms with Gasteiger partial charge in [-0.2, -0.15) is 0 Å². The van der Waals surface area contributed by atoms with Gasteiger partial charge in [-0.15, -0.1) is 0 Å². The van der Waals surface area contributed by atoms with Gasteiger partial charge in [0.1, 0.15) is 0 Å². The maximum absolute atomic E-state index is 12.7. The Hall–Kier alpha value is -1.88. The van der Waals surface area contributed by atoms with E-state index in [0.29, 0.717) is 28.9 Å². The minimum atomic E-state index is -0.498. The summed E-state index contributed by atoms with van der Waals surface area (Å²) in [4.78, 5) is 25.6. The molecule has 1 aromatic rings. The number of rotatable bonds is 2. The highest BCUT2D eigenvalue weighted by molar-refractivity contribution is 5.97. The number of benzene rings is 1. The minimum absolute atomic E-state index is 0.0166. The van der Waals surface area contributed by atoms with Crippen LogP contribution in [0.15, 0.2) is 24.3 Å². The van der Waals surface area contributed by atoms with E-state index in [-0.39, 0.29) is 18.1 Å². The van der Waals surface area contributed by atoms with Crippen LogP contribution in [0, 0.1) is 17.8 Å². The second-order valence-electron chi connectivity index (χ2n) is 6.54. The van der Waals surface area contributed by atoms with Gasteiger partial charge in [0.15, 0.2) is 0 Å². The summed E-state index contributed by atoms with van der Waals surface area (Å²) in [6.07, 6.45) is 1.73. The molecule has 5 atom stereocenters. The lowest BCUT2D eigenvalue weighted by molar-refractivity contribution is 0.0402. The fourth-order valence-electron chi connectivity index (χ4n) is 4.59. The van der Waals surface area contributed by atoms with Crippen LogP contribution in [0.25, 0.3) is 0 Å². The van der Waals surface area contributed by atoms with Crippen molar-refractivity contribution in [3.05, 3.63) is 35.4 Å². The van der Waals surface area contributed by atoms with Crippen molar-refractivity contribution in [1.29, 1.82) is 0 Å². The van der Waals surface area contributed by atoms with E-state index in [9.17, 15) is 14.7 Å². The third-order valence-corrected chi connectivity index (χ3v) is 5.53. The Morgan fingerprint density at radius 3 is 2.38 bits per heavy atom. The van der Waals surface area contributed by atoms with Gasteiger partial charge in [-0.25, -0.2) is 0 Å². The molecule has 1 aliphatic heterocycles. The molecule has 5 heteroatoms. The summed E-state index contributed by atoms with van der Waals surface area (Å²) >= 11 is 0. The third kappa shape index (κ3) is 1.73. The van der Waals surface area contributed by atoms with Gasteiger partial charge in [-0.1, -0.05) is 0 Å². The Balaban J connectivity index is 1.59. The minimum Gasteiger partial charge on any atom is -0.391 e. The average Bonchev–Trinajstić information content (AvgIpc) is 3.08. The van der Waals surface area contributed by atoms with Crippen LogP contribution in [-0.4, -0.2) is 40.5 Å². The van der Waals surface area contributed by atoms with Gasteiger partial charge in [0.25, 0.3) is 5.91 Å². The Kier molecular flexibility index (Phi) is 2.63. The Bertz CT molecular complexity index is 610. The van der Waals surface area contributed by atoms with Crippen molar-refractivity contribution < 1.29 is 14.7 Å². The monoisotopic (exact) mass is 286 g/mol. The maximum Gasteiger partial charge on any atom is 0.254 e. The van der Waals surface area contributed by atoms with E-state index in [4.69, 9.17) is 5.73 Å². The first-order valence-corrected chi connectivity index (χ1v) is 7.45. The molecule has 3 aliphatic rings. The van der Waals surface area contributed by atoms with Gasteiger partial charge in [0, 0.05) is 17.7 Å². The molecule has 110 valence electrons. The number of carbonyl (C=O) groups excluding carboxylic acids is 2. The lowest BCUT2D eigenvalue weighted by Crippen LogP contribution is -2.43. The van der Waals surface area contributed by atoms with E-state index in [0.717, 1.165) is 19.4 Å². The number of aliphatic hydroxyl groups excluding tert-OH is 1. The normalized spacial score (nSPS) is 36.2. The van der Waals surface area contributed by atoms with Crippen molar-refractivity contribution in [2.24, 2.45) is 23.5 Å². The molecule has 2 bridgehead atoms. The number of primary amides is 1. The zero-order valence-electron chi connectivity index (χ0n) is 11.6. The van der Waals surface area contributed by atoms with Crippen LogP contribution >= 0.6 is 0 Å². The van der Waals surface area contributed by atoms with Crippen LogP contribution in [0.5, 0.6) is 0 Å².